The average Bonchev–Trinajstić information content (AvgIpc) is 3.12. The first kappa shape index (κ1) is 22.2. The van der Waals surface area contributed by atoms with E-state index in [4.69, 9.17) is 14.9 Å². The molecule has 0 radical (unpaired) electrons. The average molecular weight is 498 g/mol. The van der Waals surface area contributed by atoms with Crippen molar-refractivity contribution >= 4 is 35.8 Å². The molecule has 1 atom stereocenters. The monoisotopic (exact) mass is 498 g/mol. The van der Waals surface area contributed by atoms with Gasteiger partial charge in [-0.3, -0.25) is 9.79 Å². The van der Waals surface area contributed by atoms with E-state index >= 15 is 0 Å². The number of nitrogens with one attached hydrogen (secondary N) is 1. The van der Waals surface area contributed by atoms with Crippen LogP contribution >= 0.6 is 24.0 Å². The van der Waals surface area contributed by atoms with Crippen LogP contribution in [0.15, 0.2) is 39.7 Å². The lowest BCUT2D eigenvalue weighted by Crippen LogP contribution is -2.48. The molecule has 8 heteroatoms. The van der Waals surface area contributed by atoms with Gasteiger partial charge in [0.15, 0.2) is 11.7 Å². The zero-order valence-electron chi connectivity index (χ0n) is 16.4. The van der Waals surface area contributed by atoms with E-state index in [0.29, 0.717) is 25.5 Å². The summed E-state index contributed by atoms with van der Waals surface area (Å²) in [6.07, 6.45) is 0.00276. The number of morpholine rings is 1. The number of benzene rings is 1. The first-order chi connectivity index (χ1) is 13.0. The number of nitrogens with two attached hydrogens (primary N) is 1. The van der Waals surface area contributed by atoms with Gasteiger partial charge in [-0.05, 0) is 37.1 Å². The summed E-state index contributed by atoms with van der Waals surface area (Å²) in [4.78, 5) is 17.7. The van der Waals surface area contributed by atoms with Crippen molar-refractivity contribution in [2.24, 2.45) is 10.7 Å². The van der Waals surface area contributed by atoms with Crippen molar-refractivity contribution in [3.63, 3.8) is 0 Å². The minimum absolute atomic E-state index is 0. The van der Waals surface area contributed by atoms with Crippen molar-refractivity contribution in [2.75, 3.05) is 26.7 Å². The van der Waals surface area contributed by atoms with Gasteiger partial charge in [0.05, 0.1) is 19.7 Å². The third kappa shape index (κ3) is 5.26. The summed E-state index contributed by atoms with van der Waals surface area (Å²) < 4.78 is 11.4. The van der Waals surface area contributed by atoms with E-state index in [9.17, 15) is 4.79 Å². The van der Waals surface area contributed by atoms with Gasteiger partial charge >= 0.3 is 0 Å². The van der Waals surface area contributed by atoms with Gasteiger partial charge in [0.2, 0.25) is 0 Å². The summed E-state index contributed by atoms with van der Waals surface area (Å²) in [6, 6.07) is 9.75. The van der Waals surface area contributed by atoms with Crippen LogP contribution in [0.3, 0.4) is 0 Å². The van der Waals surface area contributed by atoms with Gasteiger partial charge in [0.1, 0.15) is 11.9 Å². The third-order valence-corrected chi connectivity index (χ3v) is 4.68. The molecular weight excluding hydrogens is 471 g/mol. The van der Waals surface area contributed by atoms with Gasteiger partial charge < -0.3 is 25.1 Å². The summed E-state index contributed by atoms with van der Waals surface area (Å²) in [5.74, 6) is 0.979. The maximum absolute atomic E-state index is 11.1. The molecular formula is C20H27IN4O3. The van der Waals surface area contributed by atoms with Crippen LogP contribution in [-0.4, -0.2) is 43.5 Å². The lowest BCUT2D eigenvalue weighted by Gasteiger charge is -2.35. The van der Waals surface area contributed by atoms with E-state index < -0.39 is 5.91 Å². The molecule has 0 spiro atoms. The molecule has 1 fully saturated rings. The van der Waals surface area contributed by atoms with E-state index in [0.717, 1.165) is 12.5 Å². The SMILES string of the molecule is CN=C(NCc1ccc(C(N)=O)o1)N1CCOC(c2ccc(C)cc2C)C1.I. The summed E-state index contributed by atoms with van der Waals surface area (Å²) in [7, 11) is 1.75. The molecule has 2 aromatic rings. The topological polar surface area (TPSA) is 93.1 Å². The molecule has 1 aliphatic heterocycles. The van der Waals surface area contributed by atoms with E-state index in [1.165, 1.54) is 16.7 Å². The Balaban J connectivity index is 0.00000280. The molecule has 0 aliphatic carbocycles. The van der Waals surface area contributed by atoms with E-state index in [-0.39, 0.29) is 35.8 Å². The highest BCUT2D eigenvalue weighted by atomic mass is 127. The van der Waals surface area contributed by atoms with Crippen LogP contribution in [0.4, 0.5) is 0 Å². The number of furan rings is 1. The molecule has 3 rings (SSSR count). The number of primary amides is 1. The highest BCUT2D eigenvalue weighted by molar-refractivity contribution is 14.0. The summed E-state index contributed by atoms with van der Waals surface area (Å²) in [5.41, 5.74) is 8.91. The van der Waals surface area contributed by atoms with Gasteiger partial charge in [0, 0.05) is 13.6 Å². The number of ether oxygens (including phenoxy) is 1. The Morgan fingerprint density at radius 3 is 2.75 bits per heavy atom. The van der Waals surface area contributed by atoms with Crippen molar-refractivity contribution in [3.8, 4) is 0 Å². The highest BCUT2D eigenvalue weighted by Gasteiger charge is 2.25. The van der Waals surface area contributed by atoms with Crippen molar-refractivity contribution in [2.45, 2.75) is 26.5 Å². The van der Waals surface area contributed by atoms with Crippen molar-refractivity contribution < 1.29 is 13.9 Å². The minimum atomic E-state index is -0.574. The van der Waals surface area contributed by atoms with Gasteiger partial charge in [-0.25, -0.2) is 0 Å². The number of amides is 1. The van der Waals surface area contributed by atoms with Crippen LogP contribution in [0.1, 0.15) is 39.1 Å². The number of hydrogen-bond donors (Lipinski definition) is 2. The summed E-state index contributed by atoms with van der Waals surface area (Å²) >= 11 is 0. The van der Waals surface area contributed by atoms with Gasteiger partial charge in [-0.1, -0.05) is 23.8 Å². The largest absolute Gasteiger partial charge is 0.454 e. The third-order valence-electron chi connectivity index (χ3n) is 4.68. The fourth-order valence-corrected chi connectivity index (χ4v) is 3.32. The van der Waals surface area contributed by atoms with E-state index in [1.54, 1.807) is 19.2 Å². The lowest BCUT2D eigenvalue weighted by atomic mass is 10.00. The number of carbonyl (C=O) groups excluding carboxylic acids is 1. The lowest BCUT2D eigenvalue weighted by molar-refractivity contribution is -0.00837. The van der Waals surface area contributed by atoms with Crippen molar-refractivity contribution in [3.05, 3.63) is 58.5 Å². The molecule has 1 aliphatic rings. The standard InChI is InChI=1S/C20H26N4O3.HI/c1-13-4-6-16(14(2)10-13)18-12-24(8-9-26-18)20(22-3)23-11-15-5-7-17(27-15)19(21)25;/h4-7,10,18H,8-9,11-12H2,1-3H3,(H2,21,25)(H,22,23);1H. The van der Waals surface area contributed by atoms with Crippen LogP contribution in [-0.2, 0) is 11.3 Å². The van der Waals surface area contributed by atoms with Crippen molar-refractivity contribution in [1.82, 2.24) is 10.2 Å². The van der Waals surface area contributed by atoms with E-state index in [1.807, 2.05) is 0 Å². The molecule has 1 unspecified atom stereocenters. The quantitative estimate of drug-likeness (QED) is 0.384. The zero-order chi connectivity index (χ0) is 19.4. The number of carbonyl (C=O) groups is 1. The maximum atomic E-state index is 11.1. The fourth-order valence-electron chi connectivity index (χ4n) is 3.32. The highest BCUT2D eigenvalue weighted by Crippen LogP contribution is 2.26. The molecule has 7 nitrogen and oxygen atoms in total. The van der Waals surface area contributed by atoms with Crippen LogP contribution in [0.2, 0.25) is 0 Å². The van der Waals surface area contributed by atoms with Gasteiger partial charge in [-0.15, -0.1) is 24.0 Å². The first-order valence-corrected chi connectivity index (χ1v) is 9.01. The zero-order valence-corrected chi connectivity index (χ0v) is 18.7. The fraction of sp³-hybridized carbons (Fsp3) is 0.400. The van der Waals surface area contributed by atoms with Crippen molar-refractivity contribution in [1.29, 1.82) is 0 Å². The smallest absolute Gasteiger partial charge is 0.284 e. The molecule has 1 saturated heterocycles. The predicted molar refractivity (Wildman–Crippen MR) is 119 cm³/mol. The maximum Gasteiger partial charge on any atom is 0.284 e. The number of guanidine groups is 1. The molecule has 152 valence electrons. The van der Waals surface area contributed by atoms with Crippen LogP contribution in [0.5, 0.6) is 0 Å². The minimum Gasteiger partial charge on any atom is -0.454 e. The Hall–Kier alpha value is -2.07. The number of hydrogen-bond acceptors (Lipinski definition) is 4. The molecule has 0 saturated carbocycles. The predicted octanol–water partition coefficient (Wildman–Crippen LogP) is 2.76. The second-order valence-electron chi connectivity index (χ2n) is 6.70. The Morgan fingerprint density at radius 2 is 2.11 bits per heavy atom. The molecule has 0 bridgehead atoms. The molecule has 1 aromatic carbocycles. The Kier molecular flexibility index (Phi) is 7.88. The van der Waals surface area contributed by atoms with Gasteiger partial charge in [-0.2, -0.15) is 0 Å². The Labute approximate surface area is 182 Å². The summed E-state index contributed by atoms with van der Waals surface area (Å²) in [6.45, 7) is 6.73. The molecule has 1 amide bonds. The normalized spacial score (nSPS) is 17.2. The summed E-state index contributed by atoms with van der Waals surface area (Å²) in [5, 5.41) is 3.28. The van der Waals surface area contributed by atoms with Crippen LogP contribution < -0.4 is 11.1 Å². The van der Waals surface area contributed by atoms with E-state index in [2.05, 4.69) is 47.3 Å². The Morgan fingerprint density at radius 1 is 1.32 bits per heavy atom. The second kappa shape index (κ2) is 9.92. The molecule has 3 N–H and O–H groups in total. The number of aryl methyl sites for hydroxylation is 2. The number of halogens is 1. The number of aliphatic imine (C=N–C) groups is 1. The number of rotatable bonds is 4. The van der Waals surface area contributed by atoms with Crippen LogP contribution in [0.25, 0.3) is 0 Å². The second-order valence-corrected chi connectivity index (χ2v) is 6.70. The molecule has 1 aromatic heterocycles. The molecule has 28 heavy (non-hydrogen) atoms. The molecule has 2 heterocycles. The Bertz CT molecular complexity index is 850. The van der Waals surface area contributed by atoms with Gasteiger partial charge in [0.25, 0.3) is 5.91 Å². The first-order valence-electron chi connectivity index (χ1n) is 9.01. The van der Waals surface area contributed by atoms with Crippen LogP contribution in [0, 0.1) is 13.8 Å². The number of nitrogens with zero attached hydrogens (tertiary/aromatic N) is 2.